The predicted molar refractivity (Wildman–Crippen MR) is 29.9 cm³/mol. The van der Waals surface area contributed by atoms with Gasteiger partial charge in [-0.1, -0.05) is 0 Å². The van der Waals surface area contributed by atoms with Crippen molar-refractivity contribution < 1.29 is 0 Å². The lowest BCUT2D eigenvalue weighted by Crippen LogP contribution is -2.24. The minimum Gasteiger partial charge on any atom is -0.352 e. The third-order valence-electron chi connectivity index (χ3n) is 1.26. The summed E-state index contributed by atoms with van der Waals surface area (Å²) in [7, 11) is 5.38. The smallest absolute Gasteiger partial charge is 0.182 e. The van der Waals surface area contributed by atoms with Crippen molar-refractivity contribution >= 4 is 7.98 Å². The summed E-state index contributed by atoms with van der Waals surface area (Å²) in [5.41, 5.74) is 5.50. The molecule has 0 bridgehead atoms. The van der Waals surface area contributed by atoms with Crippen LogP contribution >= 0.6 is 0 Å². The van der Waals surface area contributed by atoms with Gasteiger partial charge < -0.3 is 10.5 Å². The highest BCUT2D eigenvalue weighted by Gasteiger charge is 2.13. The summed E-state index contributed by atoms with van der Waals surface area (Å²) >= 11 is 0. The van der Waals surface area contributed by atoms with E-state index in [1.807, 2.05) is 0 Å². The monoisotopic (exact) mass is 96.1 g/mol. The molecule has 2 N–H and O–H groups in total. The van der Waals surface area contributed by atoms with E-state index in [-0.39, 0.29) is 0 Å². The quantitative estimate of drug-likeness (QED) is 0.396. The van der Waals surface area contributed by atoms with E-state index in [1.54, 1.807) is 4.81 Å². The molecule has 0 aromatic carbocycles. The normalized spacial score (nSPS) is 34.1. The standard InChI is InChI=1S/C4H9BN2/c5-7-2-1-4(6)3-7/h4H,1-3,6H2/t4-/m0/s1. The Balaban J connectivity index is 2.26. The molecule has 1 aliphatic heterocycles. The minimum atomic E-state index is 0.324. The van der Waals surface area contributed by atoms with E-state index in [0.717, 1.165) is 19.5 Å². The molecule has 38 valence electrons. The van der Waals surface area contributed by atoms with Gasteiger partial charge in [0.15, 0.2) is 7.98 Å². The van der Waals surface area contributed by atoms with Gasteiger partial charge >= 0.3 is 0 Å². The molecular weight excluding hydrogens is 86.9 g/mol. The number of nitrogens with zero attached hydrogens (tertiary/aromatic N) is 1. The Bertz CT molecular complexity index is 58.7. The van der Waals surface area contributed by atoms with Crippen molar-refractivity contribution in [2.45, 2.75) is 12.5 Å². The lowest BCUT2D eigenvalue weighted by molar-refractivity contribution is 0.553. The lowest BCUT2D eigenvalue weighted by atomic mass is 10.3. The zero-order chi connectivity index (χ0) is 5.28. The third kappa shape index (κ3) is 1.18. The van der Waals surface area contributed by atoms with E-state index in [1.165, 1.54) is 0 Å². The van der Waals surface area contributed by atoms with Gasteiger partial charge in [0.2, 0.25) is 0 Å². The highest BCUT2D eigenvalue weighted by atomic mass is 15.1. The molecular formula is C4H9BN2. The topological polar surface area (TPSA) is 29.3 Å². The van der Waals surface area contributed by atoms with E-state index >= 15 is 0 Å². The molecule has 1 saturated heterocycles. The van der Waals surface area contributed by atoms with Crippen LogP contribution in [-0.2, 0) is 0 Å². The van der Waals surface area contributed by atoms with E-state index < -0.39 is 0 Å². The fourth-order valence-corrected chi connectivity index (χ4v) is 0.815. The SMILES string of the molecule is [B]N1CC[C@H](N)C1. The minimum absolute atomic E-state index is 0.324. The van der Waals surface area contributed by atoms with Crippen LogP contribution < -0.4 is 5.73 Å². The van der Waals surface area contributed by atoms with Gasteiger partial charge in [0.05, 0.1) is 0 Å². The fourth-order valence-electron chi connectivity index (χ4n) is 0.815. The van der Waals surface area contributed by atoms with Crippen molar-refractivity contribution in [3.63, 3.8) is 0 Å². The molecule has 0 spiro atoms. The molecule has 7 heavy (non-hydrogen) atoms. The molecule has 1 aliphatic rings. The second-order valence-corrected chi connectivity index (χ2v) is 2.04. The average molecular weight is 95.9 g/mol. The molecule has 1 heterocycles. The average Bonchev–Trinajstić information content (AvgIpc) is 1.87. The van der Waals surface area contributed by atoms with Gasteiger partial charge in [-0.15, -0.1) is 0 Å². The Labute approximate surface area is 45.1 Å². The zero-order valence-corrected chi connectivity index (χ0v) is 4.30. The first-order valence-electron chi connectivity index (χ1n) is 2.54. The molecule has 2 radical (unpaired) electrons. The van der Waals surface area contributed by atoms with E-state index in [2.05, 4.69) is 0 Å². The van der Waals surface area contributed by atoms with Crippen LogP contribution in [0.2, 0.25) is 0 Å². The summed E-state index contributed by atoms with van der Waals surface area (Å²) in [5.74, 6) is 0. The van der Waals surface area contributed by atoms with Gasteiger partial charge in [-0.3, -0.25) is 0 Å². The van der Waals surface area contributed by atoms with Crippen LogP contribution in [0, 0.1) is 0 Å². The highest BCUT2D eigenvalue weighted by Crippen LogP contribution is 2.01. The predicted octanol–water partition coefficient (Wildman–Crippen LogP) is -0.897. The summed E-state index contributed by atoms with van der Waals surface area (Å²) < 4.78 is 0. The van der Waals surface area contributed by atoms with Gasteiger partial charge in [0, 0.05) is 12.6 Å². The molecule has 1 rings (SSSR count). The third-order valence-corrected chi connectivity index (χ3v) is 1.26. The second-order valence-electron chi connectivity index (χ2n) is 2.04. The van der Waals surface area contributed by atoms with Crippen LogP contribution in [0.15, 0.2) is 0 Å². The zero-order valence-electron chi connectivity index (χ0n) is 4.30. The Morgan fingerprint density at radius 2 is 2.43 bits per heavy atom. The largest absolute Gasteiger partial charge is 0.352 e. The maximum absolute atomic E-state index is 5.50. The molecule has 0 saturated carbocycles. The first-order valence-corrected chi connectivity index (χ1v) is 2.54. The summed E-state index contributed by atoms with van der Waals surface area (Å²) in [5, 5.41) is 0. The van der Waals surface area contributed by atoms with Crippen LogP contribution in [-0.4, -0.2) is 31.9 Å². The fraction of sp³-hybridized carbons (Fsp3) is 1.00. The van der Waals surface area contributed by atoms with Crippen LogP contribution in [0.4, 0.5) is 0 Å². The summed E-state index contributed by atoms with van der Waals surface area (Å²) in [6, 6.07) is 0.324. The van der Waals surface area contributed by atoms with E-state index in [0.29, 0.717) is 6.04 Å². The summed E-state index contributed by atoms with van der Waals surface area (Å²) in [6.07, 6.45) is 1.05. The van der Waals surface area contributed by atoms with Gasteiger partial charge in [0.1, 0.15) is 0 Å². The molecule has 0 unspecified atom stereocenters. The molecule has 0 amide bonds. The van der Waals surface area contributed by atoms with Crippen LogP contribution in [0.3, 0.4) is 0 Å². The van der Waals surface area contributed by atoms with Crippen molar-refractivity contribution in [3.8, 4) is 0 Å². The number of rotatable bonds is 0. The van der Waals surface area contributed by atoms with Crippen LogP contribution in [0.5, 0.6) is 0 Å². The van der Waals surface area contributed by atoms with Crippen molar-refractivity contribution in [2.24, 2.45) is 5.73 Å². The Morgan fingerprint density at radius 3 is 2.57 bits per heavy atom. The van der Waals surface area contributed by atoms with Gasteiger partial charge in [-0.2, -0.15) is 0 Å². The van der Waals surface area contributed by atoms with Gasteiger partial charge in [-0.25, -0.2) is 0 Å². The molecule has 0 aliphatic carbocycles. The molecule has 0 aromatic rings. The molecule has 1 fully saturated rings. The maximum Gasteiger partial charge on any atom is 0.182 e. The Morgan fingerprint density at radius 1 is 1.71 bits per heavy atom. The molecule has 1 atom stereocenters. The van der Waals surface area contributed by atoms with Gasteiger partial charge in [-0.05, 0) is 13.0 Å². The first kappa shape index (κ1) is 5.13. The van der Waals surface area contributed by atoms with Crippen LogP contribution in [0.1, 0.15) is 6.42 Å². The van der Waals surface area contributed by atoms with Gasteiger partial charge in [0.25, 0.3) is 0 Å². The number of hydrogen-bond acceptors (Lipinski definition) is 2. The van der Waals surface area contributed by atoms with Crippen molar-refractivity contribution in [2.75, 3.05) is 13.1 Å². The van der Waals surface area contributed by atoms with Crippen LogP contribution in [0.25, 0.3) is 0 Å². The first-order chi connectivity index (χ1) is 3.29. The van der Waals surface area contributed by atoms with Crippen molar-refractivity contribution in [3.05, 3.63) is 0 Å². The van der Waals surface area contributed by atoms with Crippen molar-refractivity contribution in [1.82, 2.24) is 4.81 Å². The second kappa shape index (κ2) is 1.84. The van der Waals surface area contributed by atoms with E-state index in [4.69, 9.17) is 13.7 Å². The number of hydrogen-bond donors (Lipinski definition) is 1. The molecule has 3 heteroatoms. The summed E-state index contributed by atoms with van der Waals surface area (Å²) in [4.78, 5) is 1.75. The number of nitrogens with two attached hydrogens (primary N) is 1. The molecule has 2 nitrogen and oxygen atoms in total. The Kier molecular flexibility index (Phi) is 1.35. The maximum atomic E-state index is 5.50. The van der Waals surface area contributed by atoms with E-state index in [9.17, 15) is 0 Å². The lowest BCUT2D eigenvalue weighted by Gasteiger charge is -2.03. The molecule has 0 aromatic heterocycles. The highest BCUT2D eigenvalue weighted by molar-refractivity contribution is 6.04. The van der Waals surface area contributed by atoms with Crippen molar-refractivity contribution in [1.29, 1.82) is 0 Å². The Hall–Kier alpha value is -0.0151. The summed E-state index contributed by atoms with van der Waals surface area (Å²) in [6.45, 7) is 1.82.